The molecule has 10 aromatic rings. The van der Waals surface area contributed by atoms with Crippen molar-refractivity contribution in [2.24, 2.45) is 0 Å². The Morgan fingerprint density at radius 3 is 0.982 bits per heavy atom. The van der Waals surface area contributed by atoms with Gasteiger partial charge in [0.1, 0.15) is 0 Å². The Balaban J connectivity index is 1.07. The molecule has 2 nitrogen and oxygen atoms in total. The highest BCUT2D eigenvalue weighted by Gasteiger charge is 2.20. The average molecular weight is 758 g/mol. The van der Waals surface area contributed by atoms with E-state index < -0.39 is 0 Å². The lowest BCUT2D eigenvalue weighted by molar-refractivity contribution is 1.31. The van der Waals surface area contributed by atoms with E-state index in [1.54, 1.807) is 0 Å². The number of rotatable bonds is 7. The zero-order chi connectivity index (χ0) is 37.6. The molecule has 0 unspecified atom stereocenters. The molecule has 0 saturated carbocycles. The highest BCUT2D eigenvalue weighted by atomic mass is 35.5. The maximum absolute atomic E-state index is 6.46. The van der Waals surface area contributed by atoms with Gasteiger partial charge in [-0.1, -0.05) is 157 Å². The van der Waals surface area contributed by atoms with Crippen LogP contribution in [0.4, 0.5) is 34.1 Å². The van der Waals surface area contributed by atoms with Crippen LogP contribution in [-0.2, 0) is 0 Å². The van der Waals surface area contributed by atoms with Gasteiger partial charge in [-0.05, 0) is 105 Å². The van der Waals surface area contributed by atoms with Crippen LogP contribution >= 0.6 is 23.2 Å². The molecule has 10 rings (SSSR count). The molecule has 10 aromatic carbocycles. The third kappa shape index (κ3) is 6.10. The smallest absolute Gasteiger partial charge is 0.0540 e. The fraction of sp³-hybridized carbons (Fsp3) is 0. The standard InChI is InChI=1S/C52H34Cl2N2/c53-41-25-31-47-39(33-41)13-7-19-51(47)55(49-17-5-11-37-9-1-3-15-45(37)49)43-27-21-35(22-28-43)36-23-29-44(30-24-36)56(50-18-6-12-38-10-2-4-16-46(38)50)52-20-8-14-40-34-42(54)26-32-48(40)52/h1-34H. The number of fused-ring (bicyclic) bond motifs is 4. The number of benzene rings is 10. The van der Waals surface area contributed by atoms with Crippen molar-refractivity contribution in [3.63, 3.8) is 0 Å². The van der Waals surface area contributed by atoms with Crippen molar-refractivity contribution in [1.82, 2.24) is 0 Å². The molecule has 266 valence electrons. The van der Waals surface area contributed by atoms with Crippen molar-refractivity contribution in [2.75, 3.05) is 9.80 Å². The van der Waals surface area contributed by atoms with Crippen molar-refractivity contribution in [1.29, 1.82) is 0 Å². The van der Waals surface area contributed by atoms with Gasteiger partial charge in [-0.15, -0.1) is 0 Å². The molecule has 0 spiro atoms. The Morgan fingerprint density at radius 1 is 0.268 bits per heavy atom. The van der Waals surface area contributed by atoms with Crippen LogP contribution in [0.3, 0.4) is 0 Å². The van der Waals surface area contributed by atoms with Gasteiger partial charge in [0.15, 0.2) is 0 Å². The minimum atomic E-state index is 0.726. The van der Waals surface area contributed by atoms with Crippen LogP contribution < -0.4 is 9.80 Å². The van der Waals surface area contributed by atoms with Crippen LogP contribution in [-0.4, -0.2) is 0 Å². The van der Waals surface area contributed by atoms with Gasteiger partial charge in [0.2, 0.25) is 0 Å². The predicted molar refractivity (Wildman–Crippen MR) is 241 cm³/mol. The Morgan fingerprint density at radius 2 is 0.589 bits per heavy atom. The van der Waals surface area contributed by atoms with Gasteiger partial charge in [-0.25, -0.2) is 0 Å². The third-order valence-electron chi connectivity index (χ3n) is 10.7. The van der Waals surface area contributed by atoms with E-state index in [1.807, 2.05) is 24.3 Å². The molecule has 0 radical (unpaired) electrons. The molecule has 56 heavy (non-hydrogen) atoms. The summed E-state index contributed by atoms with van der Waals surface area (Å²) in [6, 6.07) is 73.1. The van der Waals surface area contributed by atoms with Crippen LogP contribution in [0.25, 0.3) is 54.2 Å². The van der Waals surface area contributed by atoms with Crippen LogP contribution in [0, 0.1) is 0 Å². The van der Waals surface area contributed by atoms with Crippen molar-refractivity contribution in [3.05, 3.63) is 216 Å². The van der Waals surface area contributed by atoms with E-state index >= 15 is 0 Å². The van der Waals surface area contributed by atoms with Crippen LogP contribution in [0.2, 0.25) is 10.0 Å². The lowest BCUT2D eigenvalue weighted by Crippen LogP contribution is -2.11. The predicted octanol–water partition coefficient (Wildman–Crippen LogP) is 16.2. The van der Waals surface area contributed by atoms with Crippen LogP contribution in [0.5, 0.6) is 0 Å². The molecule has 0 amide bonds. The van der Waals surface area contributed by atoms with Gasteiger partial charge < -0.3 is 9.80 Å². The van der Waals surface area contributed by atoms with E-state index in [-0.39, 0.29) is 0 Å². The average Bonchev–Trinajstić information content (AvgIpc) is 3.24. The topological polar surface area (TPSA) is 6.48 Å². The van der Waals surface area contributed by atoms with Gasteiger partial charge in [0.25, 0.3) is 0 Å². The zero-order valence-electron chi connectivity index (χ0n) is 30.3. The van der Waals surface area contributed by atoms with E-state index in [1.165, 1.54) is 21.5 Å². The quantitative estimate of drug-likeness (QED) is 0.160. The van der Waals surface area contributed by atoms with E-state index in [4.69, 9.17) is 23.2 Å². The first-order valence-corrected chi connectivity index (χ1v) is 19.5. The third-order valence-corrected chi connectivity index (χ3v) is 11.2. The maximum atomic E-state index is 6.46. The Hall–Kier alpha value is -6.58. The van der Waals surface area contributed by atoms with Gasteiger partial charge in [0.05, 0.1) is 22.7 Å². The van der Waals surface area contributed by atoms with Crippen LogP contribution in [0.15, 0.2) is 206 Å². The van der Waals surface area contributed by atoms with Crippen molar-refractivity contribution in [2.45, 2.75) is 0 Å². The Kier molecular flexibility index (Phi) is 8.64. The van der Waals surface area contributed by atoms with E-state index in [2.05, 4.69) is 192 Å². The van der Waals surface area contributed by atoms with Crippen molar-refractivity contribution >= 4 is 100 Å². The van der Waals surface area contributed by atoms with E-state index in [0.29, 0.717) is 0 Å². The number of hydrogen-bond acceptors (Lipinski definition) is 2. The summed E-state index contributed by atoms with van der Waals surface area (Å²) < 4.78 is 0. The van der Waals surface area contributed by atoms with Crippen molar-refractivity contribution in [3.8, 4) is 11.1 Å². The first-order chi connectivity index (χ1) is 27.6. The van der Waals surface area contributed by atoms with Gasteiger partial charge in [-0.2, -0.15) is 0 Å². The molecule has 0 bridgehead atoms. The summed E-state index contributed by atoms with van der Waals surface area (Å²) in [6.07, 6.45) is 0. The summed E-state index contributed by atoms with van der Waals surface area (Å²) in [7, 11) is 0. The summed E-state index contributed by atoms with van der Waals surface area (Å²) in [5.41, 5.74) is 8.84. The van der Waals surface area contributed by atoms with Crippen molar-refractivity contribution < 1.29 is 0 Å². The lowest BCUT2D eigenvalue weighted by atomic mass is 10.0. The largest absolute Gasteiger partial charge is 0.309 e. The summed E-state index contributed by atoms with van der Waals surface area (Å²) in [5, 5.41) is 10.7. The Labute approximate surface area is 336 Å². The summed E-state index contributed by atoms with van der Waals surface area (Å²) >= 11 is 12.9. The number of hydrogen-bond donors (Lipinski definition) is 0. The Bertz CT molecular complexity index is 2840. The maximum Gasteiger partial charge on any atom is 0.0540 e. The molecule has 0 saturated heterocycles. The monoisotopic (exact) mass is 756 g/mol. The molecule has 0 aromatic heterocycles. The normalized spacial score (nSPS) is 11.4. The molecular weight excluding hydrogens is 723 g/mol. The van der Waals surface area contributed by atoms with Gasteiger partial charge in [0, 0.05) is 43.0 Å². The highest BCUT2D eigenvalue weighted by Crippen LogP contribution is 2.45. The van der Waals surface area contributed by atoms with E-state index in [0.717, 1.165) is 76.8 Å². The first-order valence-electron chi connectivity index (χ1n) is 18.7. The molecule has 0 atom stereocenters. The number of anilines is 6. The fourth-order valence-electron chi connectivity index (χ4n) is 8.09. The minimum Gasteiger partial charge on any atom is -0.309 e. The second-order valence-corrected chi connectivity index (χ2v) is 14.9. The summed E-state index contributed by atoms with van der Waals surface area (Å²) in [4.78, 5) is 4.73. The SMILES string of the molecule is Clc1ccc2c(N(c3ccc(-c4ccc(N(c5cccc6ccccc56)c5cccc6cc(Cl)ccc56)cc4)cc3)c3cccc4ccccc34)cccc2c1. The fourth-order valence-corrected chi connectivity index (χ4v) is 8.45. The summed E-state index contributed by atoms with van der Waals surface area (Å²) in [5.74, 6) is 0. The minimum absolute atomic E-state index is 0.726. The molecule has 4 heteroatoms. The molecular formula is C52H34Cl2N2. The molecule has 0 aliphatic rings. The molecule has 0 fully saturated rings. The lowest BCUT2D eigenvalue weighted by Gasteiger charge is -2.29. The molecule has 0 aliphatic heterocycles. The van der Waals surface area contributed by atoms with Gasteiger partial charge in [-0.3, -0.25) is 0 Å². The van der Waals surface area contributed by atoms with Gasteiger partial charge >= 0.3 is 0 Å². The second-order valence-electron chi connectivity index (χ2n) is 14.0. The van der Waals surface area contributed by atoms with E-state index in [9.17, 15) is 0 Å². The summed E-state index contributed by atoms with van der Waals surface area (Å²) in [6.45, 7) is 0. The number of halogens is 2. The van der Waals surface area contributed by atoms with Crippen LogP contribution in [0.1, 0.15) is 0 Å². The number of nitrogens with zero attached hydrogens (tertiary/aromatic N) is 2. The second kappa shape index (κ2) is 14.2. The first kappa shape index (κ1) is 33.9. The highest BCUT2D eigenvalue weighted by molar-refractivity contribution is 6.32. The molecule has 0 heterocycles. The molecule has 0 aliphatic carbocycles. The molecule has 0 N–H and O–H groups in total. The zero-order valence-corrected chi connectivity index (χ0v) is 31.8.